The third kappa shape index (κ3) is 6.01. The highest BCUT2D eigenvalue weighted by Crippen LogP contribution is 2.52. The van der Waals surface area contributed by atoms with Crippen LogP contribution in [0.5, 0.6) is 0 Å². The second-order valence-corrected chi connectivity index (χ2v) is 8.56. The Hall–Kier alpha value is -0.720. The molecule has 0 heterocycles. The minimum absolute atomic E-state index is 0.453. The van der Waals surface area contributed by atoms with Crippen molar-refractivity contribution in [2.24, 2.45) is 0 Å². The third-order valence-corrected chi connectivity index (χ3v) is 5.78. The maximum atomic E-state index is 12.0. The van der Waals surface area contributed by atoms with Crippen molar-refractivity contribution in [1.82, 2.24) is 0 Å². The number of hydrogen-bond donors (Lipinski definition) is 0. The van der Waals surface area contributed by atoms with E-state index in [4.69, 9.17) is 0 Å². The van der Waals surface area contributed by atoms with Crippen LogP contribution < -0.4 is 0 Å². The second kappa shape index (κ2) is 8.94. The van der Waals surface area contributed by atoms with Crippen molar-refractivity contribution < 1.29 is 23.1 Å². The average molecular weight is 423 g/mol. The molecule has 0 N–H and O–H groups in total. The molecule has 3 nitrogen and oxygen atoms in total. The first-order chi connectivity index (χ1) is 11.0. The molecule has 0 fully saturated rings. The molecule has 0 aromatic heterocycles. The molecule has 8 heteroatoms. The normalized spacial score (nSPS) is 11.6. The fraction of sp³-hybridized carbons (Fsp3) is 0.200. The van der Waals surface area contributed by atoms with Crippen LogP contribution in [0.25, 0.3) is 0 Å². The molecule has 0 spiro atoms. The Bertz CT molecular complexity index is 677. The van der Waals surface area contributed by atoms with Crippen molar-refractivity contribution in [3.63, 3.8) is 0 Å². The monoisotopic (exact) mass is 422 g/mol. The van der Waals surface area contributed by atoms with Gasteiger partial charge < -0.3 is 0 Å². The summed E-state index contributed by atoms with van der Waals surface area (Å²) in [4.78, 5) is 0. The molecule has 0 atom stereocenters. The van der Waals surface area contributed by atoms with Gasteiger partial charge in [0.15, 0.2) is 0 Å². The number of benzene rings is 2. The van der Waals surface area contributed by atoms with Gasteiger partial charge in [-0.2, -0.15) is 11.8 Å². The summed E-state index contributed by atoms with van der Waals surface area (Å²) in [7, 11) is -4.33. The van der Waals surface area contributed by atoms with E-state index in [0.29, 0.717) is 5.56 Å². The lowest BCUT2D eigenvalue weighted by Gasteiger charge is -2.08. The first-order valence-corrected chi connectivity index (χ1v) is 10.3. The summed E-state index contributed by atoms with van der Waals surface area (Å²) in [6.07, 6.45) is -0.453. The zero-order chi connectivity index (χ0) is 16.7. The van der Waals surface area contributed by atoms with Gasteiger partial charge in [-0.1, -0.05) is 52.3 Å². The van der Waals surface area contributed by atoms with Gasteiger partial charge in [0.25, 0.3) is 0 Å². The van der Waals surface area contributed by atoms with E-state index >= 15 is 0 Å². The molecule has 0 saturated carbocycles. The van der Waals surface area contributed by atoms with Crippen LogP contribution in [0.15, 0.2) is 53.0 Å². The van der Waals surface area contributed by atoms with E-state index in [0.717, 1.165) is 21.5 Å². The highest BCUT2D eigenvalue weighted by Gasteiger charge is 2.27. The van der Waals surface area contributed by atoms with Crippen molar-refractivity contribution >= 4 is 35.3 Å². The summed E-state index contributed by atoms with van der Waals surface area (Å²) < 4.78 is 42.7. The largest absolute Gasteiger partial charge is 0.399 e. The van der Waals surface area contributed by atoms with Gasteiger partial charge in [0, 0.05) is 16.0 Å². The highest BCUT2D eigenvalue weighted by molar-refractivity contribution is 9.10. The third-order valence-electron chi connectivity index (χ3n) is 3.04. The van der Waals surface area contributed by atoms with Crippen LogP contribution in [0.3, 0.4) is 0 Å². The maximum absolute atomic E-state index is 12.0. The zero-order valence-electron chi connectivity index (χ0n) is 12.0. The molecule has 124 valence electrons. The maximum Gasteiger partial charge on any atom is 0.399 e. The van der Waals surface area contributed by atoms with Crippen molar-refractivity contribution in [2.75, 3.05) is 0 Å². The quantitative estimate of drug-likeness (QED) is 0.462. The SMILES string of the molecule is O=P(Cc1ccc(CSCc2cccc(Br)c2)cc1)(OF)OF. The Balaban J connectivity index is 1.86. The Morgan fingerprint density at radius 1 is 0.957 bits per heavy atom. The van der Waals surface area contributed by atoms with E-state index in [1.807, 2.05) is 24.3 Å². The summed E-state index contributed by atoms with van der Waals surface area (Å²) in [5.41, 5.74) is 2.76. The van der Waals surface area contributed by atoms with E-state index in [1.165, 1.54) is 5.56 Å². The minimum atomic E-state index is -4.33. The predicted molar refractivity (Wildman–Crippen MR) is 91.3 cm³/mol. The van der Waals surface area contributed by atoms with Gasteiger partial charge in [-0.3, -0.25) is 4.57 Å². The van der Waals surface area contributed by atoms with Crippen LogP contribution in [0.1, 0.15) is 16.7 Å². The number of thioether (sulfide) groups is 1. The van der Waals surface area contributed by atoms with Gasteiger partial charge in [0.2, 0.25) is 0 Å². The van der Waals surface area contributed by atoms with Crippen molar-refractivity contribution in [3.05, 3.63) is 69.7 Å². The molecule has 0 aliphatic carbocycles. The van der Waals surface area contributed by atoms with Crippen molar-refractivity contribution in [1.29, 1.82) is 0 Å². The molecule has 0 unspecified atom stereocenters. The van der Waals surface area contributed by atoms with Crippen LogP contribution in [0.2, 0.25) is 0 Å². The predicted octanol–water partition coefficient (Wildman–Crippen LogP) is 6.38. The molecule has 0 saturated heterocycles. The molecule has 2 rings (SSSR count). The molecule has 0 aliphatic rings. The lowest BCUT2D eigenvalue weighted by atomic mass is 10.2. The lowest BCUT2D eigenvalue weighted by molar-refractivity contribution is -0.0881. The Labute approximate surface area is 145 Å². The van der Waals surface area contributed by atoms with E-state index in [-0.39, 0.29) is 0 Å². The first-order valence-electron chi connectivity index (χ1n) is 6.64. The smallest absolute Gasteiger partial charge is 0.254 e. The van der Waals surface area contributed by atoms with Crippen LogP contribution in [0.4, 0.5) is 9.05 Å². The fourth-order valence-corrected chi connectivity index (χ4v) is 4.11. The van der Waals surface area contributed by atoms with Gasteiger partial charge in [0.1, 0.15) is 0 Å². The summed E-state index contributed by atoms with van der Waals surface area (Å²) in [6, 6.07) is 15.1. The Kier molecular flexibility index (Phi) is 7.24. The standard InChI is InChI=1S/C15H14BrF2O3PS/c16-15-3-1-2-14(8-15)11-23-10-13-6-4-12(5-7-13)9-22(19,20-17)21-18/h1-8H,9-11H2. The van der Waals surface area contributed by atoms with Gasteiger partial charge >= 0.3 is 7.60 Å². The zero-order valence-corrected chi connectivity index (χ0v) is 15.3. The van der Waals surface area contributed by atoms with E-state index < -0.39 is 13.8 Å². The van der Waals surface area contributed by atoms with E-state index in [9.17, 15) is 13.6 Å². The molecule has 2 aromatic carbocycles. The van der Waals surface area contributed by atoms with E-state index in [1.54, 1.807) is 23.9 Å². The number of hydrogen-bond acceptors (Lipinski definition) is 4. The summed E-state index contributed by atoms with van der Waals surface area (Å²) in [6.45, 7) is 0. The molecular weight excluding hydrogens is 409 g/mol. The van der Waals surface area contributed by atoms with Gasteiger partial charge in [-0.15, -0.1) is 9.46 Å². The number of rotatable bonds is 8. The molecule has 23 heavy (non-hydrogen) atoms. The minimum Gasteiger partial charge on any atom is -0.254 e. The average Bonchev–Trinajstić information content (AvgIpc) is 2.56. The summed E-state index contributed by atoms with van der Waals surface area (Å²) in [5, 5.41) is 0. The van der Waals surface area contributed by atoms with Crippen LogP contribution in [-0.2, 0) is 31.7 Å². The summed E-state index contributed by atoms with van der Waals surface area (Å²) >= 11 is 5.19. The summed E-state index contributed by atoms with van der Waals surface area (Å²) in [5.74, 6) is 1.67. The van der Waals surface area contributed by atoms with Gasteiger partial charge in [-0.05, 0) is 37.9 Å². The van der Waals surface area contributed by atoms with Gasteiger partial charge in [0.05, 0.1) is 6.16 Å². The fourth-order valence-electron chi connectivity index (χ4n) is 1.94. The molecule has 0 radical (unpaired) electrons. The molecule has 2 aromatic rings. The van der Waals surface area contributed by atoms with Crippen LogP contribution >= 0.6 is 35.3 Å². The first kappa shape index (κ1) is 18.6. The Morgan fingerprint density at radius 3 is 2.17 bits per heavy atom. The molecular formula is C15H14BrF2O3PS. The molecule has 0 amide bonds. The lowest BCUT2D eigenvalue weighted by Crippen LogP contribution is -1.91. The topological polar surface area (TPSA) is 35.5 Å². The molecule has 0 bridgehead atoms. The van der Waals surface area contributed by atoms with E-state index in [2.05, 4.69) is 37.5 Å². The molecule has 0 aliphatic heterocycles. The Morgan fingerprint density at radius 2 is 1.57 bits per heavy atom. The second-order valence-electron chi connectivity index (χ2n) is 4.85. The van der Waals surface area contributed by atoms with Crippen LogP contribution in [0, 0.1) is 0 Å². The van der Waals surface area contributed by atoms with Crippen molar-refractivity contribution in [3.8, 4) is 0 Å². The van der Waals surface area contributed by atoms with Gasteiger partial charge in [-0.25, -0.2) is 0 Å². The van der Waals surface area contributed by atoms with Crippen molar-refractivity contribution in [2.45, 2.75) is 17.7 Å². The van der Waals surface area contributed by atoms with Crippen LogP contribution in [-0.4, -0.2) is 0 Å². The highest BCUT2D eigenvalue weighted by atomic mass is 79.9. The number of halogens is 3.